The van der Waals surface area contributed by atoms with Gasteiger partial charge in [-0.05, 0) is 12.8 Å². The van der Waals surface area contributed by atoms with Crippen LogP contribution in [0.4, 0.5) is 13.2 Å². The minimum absolute atomic E-state index is 0.0634. The third kappa shape index (κ3) is 8.27. The molecule has 2 nitrogen and oxygen atoms in total. The van der Waals surface area contributed by atoms with Gasteiger partial charge in [-0.15, -0.1) is 0 Å². The SMILES string of the molecule is CC(C)(C)C(=O)NCCCCC(F)(F)F. The number of hydrogen-bond acceptors (Lipinski definition) is 1. The van der Waals surface area contributed by atoms with Crippen LogP contribution in [0, 0.1) is 5.41 Å². The molecule has 1 N–H and O–H groups in total. The van der Waals surface area contributed by atoms with Crippen LogP contribution < -0.4 is 5.32 Å². The zero-order valence-corrected chi connectivity index (χ0v) is 9.37. The van der Waals surface area contributed by atoms with Gasteiger partial charge < -0.3 is 5.32 Å². The van der Waals surface area contributed by atoms with Crippen LogP contribution in [0.1, 0.15) is 40.0 Å². The lowest BCUT2D eigenvalue weighted by atomic mass is 9.96. The number of rotatable bonds is 4. The minimum Gasteiger partial charge on any atom is -0.356 e. The summed E-state index contributed by atoms with van der Waals surface area (Å²) in [5.74, 6) is -0.130. The number of alkyl halides is 3. The van der Waals surface area contributed by atoms with Crippen LogP contribution in [0.2, 0.25) is 0 Å². The van der Waals surface area contributed by atoms with Gasteiger partial charge in [-0.25, -0.2) is 0 Å². The van der Waals surface area contributed by atoms with Crippen LogP contribution in [0.15, 0.2) is 0 Å². The van der Waals surface area contributed by atoms with E-state index in [9.17, 15) is 18.0 Å². The van der Waals surface area contributed by atoms with Crippen molar-refractivity contribution in [2.45, 2.75) is 46.2 Å². The van der Waals surface area contributed by atoms with Crippen molar-refractivity contribution in [3.05, 3.63) is 0 Å². The van der Waals surface area contributed by atoms with E-state index in [0.29, 0.717) is 13.0 Å². The molecule has 0 spiro atoms. The summed E-state index contributed by atoms with van der Waals surface area (Å²) in [6.07, 6.45) is -4.44. The molecule has 0 bridgehead atoms. The van der Waals surface area contributed by atoms with Gasteiger partial charge in [0, 0.05) is 18.4 Å². The molecule has 0 rings (SSSR count). The van der Waals surface area contributed by atoms with Crippen LogP contribution in [-0.4, -0.2) is 18.6 Å². The van der Waals surface area contributed by atoms with Gasteiger partial charge in [-0.2, -0.15) is 13.2 Å². The Balaban J connectivity index is 3.53. The number of carbonyl (C=O) groups excluding carboxylic acids is 1. The Kier molecular flexibility index (Phi) is 5.11. The van der Waals surface area contributed by atoms with Crippen molar-refractivity contribution in [1.29, 1.82) is 0 Å². The molecule has 0 saturated heterocycles. The van der Waals surface area contributed by atoms with Crippen LogP contribution >= 0.6 is 0 Å². The first kappa shape index (κ1) is 14.3. The second-order valence-electron chi connectivity index (χ2n) is 4.58. The van der Waals surface area contributed by atoms with Gasteiger partial charge in [0.1, 0.15) is 0 Å². The molecule has 0 aliphatic rings. The highest BCUT2D eigenvalue weighted by Gasteiger charge is 2.26. The van der Waals surface area contributed by atoms with Crippen LogP contribution in [-0.2, 0) is 4.79 Å². The minimum atomic E-state index is -4.09. The highest BCUT2D eigenvalue weighted by molar-refractivity contribution is 5.81. The average molecular weight is 225 g/mol. The lowest BCUT2D eigenvalue weighted by Gasteiger charge is -2.17. The van der Waals surface area contributed by atoms with E-state index in [4.69, 9.17) is 0 Å². The standard InChI is InChI=1S/C10H18F3NO/c1-9(2,3)8(15)14-7-5-4-6-10(11,12)13/h4-7H2,1-3H3,(H,14,15). The summed E-state index contributed by atoms with van der Waals surface area (Å²) in [6.45, 7) is 5.60. The fourth-order valence-corrected chi connectivity index (χ4v) is 0.918. The van der Waals surface area contributed by atoms with E-state index >= 15 is 0 Å². The first-order valence-corrected chi connectivity index (χ1v) is 4.98. The third-order valence-corrected chi connectivity index (χ3v) is 1.85. The fourth-order valence-electron chi connectivity index (χ4n) is 0.918. The summed E-state index contributed by atoms with van der Waals surface area (Å²) in [4.78, 5) is 11.3. The molecule has 0 heterocycles. The smallest absolute Gasteiger partial charge is 0.356 e. The summed E-state index contributed by atoms with van der Waals surface area (Å²) in [5.41, 5.74) is -0.482. The molecule has 0 aromatic carbocycles. The molecule has 5 heteroatoms. The predicted molar refractivity (Wildman–Crippen MR) is 52.4 cm³/mol. The zero-order valence-electron chi connectivity index (χ0n) is 9.37. The molecule has 1 amide bonds. The number of nitrogens with one attached hydrogen (secondary N) is 1. The largest absolute Gasteiger partial charge is 0.389 e. The first-order chi connectivity index (χ1) is 6.63. The zero-order chi connectivity index (χ0) is 12.1. The van der Waals surface area contributed by atoms with E-state index in [1.807, 2.05) is 0 Å². The molecule has 0 atom stereocenters. The Bertz CT molecular complexity index is 206. The quantitative estimate of drug-likeness (QED) is 0.732. The van der Waals surface area contributed by atoms with Gasteiger partial charge in [0.05, 0.1) is 0 Å². The summed E-state index contributed by atoms with van der Waals surface area (Å²) < 4.78 is 35.2. The number of amides is 1. The van der Waals surface area contributed by atoms with Crippen molar-refractivity contribution < 1.29 is 18.0 Å². The maximum absolute atomic E-state index is 11.7. The van der Waals surface area contributed by atoms with Gasteiger partial charge in [0.25, 0.3) is 0 Å². The fraction of sp³-hybridized carbons (Fsp3) is 0.900. The van der Waals surface area contributed by atoms with Crippen LogP contribution in [0.5, 0.6) is 0 Å². The Morgan fingerprint density at radius 1 is 1.13 bits per heavy atom. The molecule has 0 radical (unpaired) electrons. The maximum Gasteiger partial charge on any atom is 0.389 e. The van der Waals surface area contributed by atoms with E-state index in [1.54, 1.807) is 20.8 Å². The Hall–Kier alpha value is -0.740. The monoisotopic (exact) mass is 225 g/mol. The molecule has 0 unspecified atom stereocenters. The van der Waals surface area contributed by atoms with E-state index in [1.165, 1.54) is 0 Å². The van der Waals surface area contributed by atoms with Crippen molar-refractivity contribution >= 4 is 5.91 Å². The topological polar surface area (TPSA) is 29.1 Å². The molecular formula is C10H18F3NO. The summed E-state index contributed by atoms with van der Waals surface area (Å²) >= 11 is 0. The predicted octanol–water partition coefficient (Wildman–Crippen LogP) is 2.88. The van der Waals surface area contributed by atoms with Crippen molar-refractivity contribution in [3.63, 3.8) is 0 Å². The second-order valence-corrected chi connectivity index (χ2v) is 4.58. The van der Waals surface area contributed by atoms with Crippen LogP contribution in [0.3, 0.4) is 0 Å². The number of halogens is 3. The van der Waals surface area contributed by atoms with E-state index < -0.39 is 18.0 Å². The average Bonchev–Trinajstić information content (AvgIpc) is 1.99. The molecular weight excluding hydrogens is 207 g/mol. The highest BCUT2D eigenvalue weighted by atomic mass is 19.4. The molecule has 0 aromatic rings. The normalized spacial score (nSPS) is 12.7. The van der Waals surface area contributed by atoms with Gasteiger partial charge in [-0.1, -0.05) is 20.8 Å². The summed E-state index contributed by atoms with van der Waals surface area (Å²) in [6, 6.07) is 0. The lowest BCUT2D eigenvalue weighted by molar-refractivity contribution is -0.135. The van der Waals surface area contributed by atoms with Gasteiger partial charge in [0.15, 0.2) is 0 Å². The van der Waals surface area contributed by atoms with E-state index in [-0.39, 0.29) is 12.3 Å². The Morgan fingerprint density at radius 3 is 2.07 bits per heavy atom. The number of unbranched alkanes of at least 4 members (excludes halogenated alkanes) is 1. The number of carbonyl (C=O) groups is 1. The summed E-state index contributed by atoms with van der Waals surface area (Å²) in [5, 5.41) is 2.60. The van der Waals surface area contributed by atoms with Gasteiger partial charge in [0.2, 0.25) is 5.91 Å². The maximum atomic E-state index is 11.7. The number of hydrogen-bond donors (Lipinski definition) is 1. The van der Waals surface area contributed by atoms with Gasteiger partial charge >= 0.3 is 6.18 Å². The molecule has 90 valence electrons. The Morgan fingerprint density at radius 2 is 1.67 bits per heavy atom. The highest BCUT2D eigenvalue weighted by Crippen LogP contribution is 2.21. The van der Waals surface area contributed by atoms with Crippen molar-refractivity contribution in [2.24, 2.45) is 5.41 Å². The van der Waals surface area contributed by atoms with E-state index in [2.05, 4.69) is 5.32 Å². The molecule has 15 heavy (non-hydrogen) atoms. The molecule has 0 aromatic heterocycles. The van der Waals surface area contributed by atoms with Gasteiger partial charge in [-0.3, -0.25) is 4.79 Å². The molecule has 0 aliphatic carbocycles. The van der Waals surface area contributed by atoms with Crippen molar-refractivity contribution in [1.82, 2.24) is 5.32 Å². The van der Waals surface area contributed by atoms with Crippen molar-refractivity contribution in [3.8, 4) is 0 Å². The molecule has 0 aliphatic heterocycles. The third-order valence-electron chi connectivity index (χ3n) is 1.85. The first-order valence-electron chi connectivity index (χ1n) is 4.98. The molecule has 0 saturated carbocycles. The second kappa shape index (κ2) is 5.37. The molecule has 0 fully saturated rings. The van der Waals surface area contributed by atoms with Crippen molar-refractivity contribution in [2.75, 3.05) is 6.54 Å². The Labute approximate surface area is 88.2 Å². The lowest BCUT2D eigenvalue weighted by Crippen LogP contribution is -2.35. The van der Waals surface area contributed by atoms with Crippen LogP contribution in [0.25, 0.3) is 0 Å². The van der Waals surface area contributed by atoms with E-state index in [0.717, 1.165) is 0 Å². The summed E-state index contributed by atoms with van der Waals surface area (Å²) in [7, 11) is 0.